The number of aromatic nitrogens is 1. The minimum absolute atomic E-state index is 0.128. The van der Waals surface area contributed by atoms with E-state index in [1.807, 2.05) is 6.92 Å². The number of ether oxygens (including phenoxy) is 1. The molecule has 0 unspecified atom stereocenters. The molecule has 2 rings (SSSR count). The Bertz CT molecular complexity index is 616. The van der Waals surface area contributed by atoms with Gasteiger partial charge in [-0.25, -0.2) is 4.39 Å². The molecule has 0 radical (unpaired) electrons. The smallest absolute Gasteiger partial charge is 0.259 e. The summed E-state index contributed by atoms with van der Waals surface area (Å²) >= 11 is 6.98. The third-order valence-electron chi connectivity index (χ3n) is 2.65. The minimum Gasteiger partial charge on any atom is -0.482 e. The van der Waals surface area contributed by atoms with E-state index in [2.05, 4.69) is 9.69 Å². The van der Waals surface area contributed by atoms with Crippen molar-refractivity contribution in [1.29, 1.82) is 0 Å². The quantitative estimate of drug-likeness (QED) is 0.880. The van der Waals surface area contributed by atoms with E-state index in [1.165, 1.54) is 12.1 Å². The average molecular weight is 329 g/mol. The van der Waals surface area contributed by atoms with Gasteiger partial charge in [-0.2, -0.15) is 4.37 Å². The molecule has 0 aliphatic heterocycles. The molecular formula is C14H14ClFN2O2S. The Hall–Kier alpha value is -1.66. The Balaban J connectivity index is 2.02. The second-order valence-corrected chi connectivity index (χ2v) is 5.39. The first-order valence-electron chi connectivity index (χ1n) is 6.42. The maximum absolute atomic E-state index is 12.8. The number of nitrogens with one attached hydrogen (secondary N) is 1. The molecule has 1 heterocycles. The molecule has 1 N–H and O–H groups in total. The Kier molecular flexibility index (Phi) is 5.52. The fraction of sp³-hybridized carbons (Fsp3) is 0.286. The van der Waals surface area contributed by atoms with Crippen LogP contribution in [0.1, 0.15) is 29.3 Å². The first-order valence-corrected chi connectivity index (χ1v) is 7.57. The zero-order valence-electron chi connectivity index (χ0n) is 11.4. The largest absolute Gasteiger partial charge is 0.482 e. The Morgan fingerprint density at radius 2 is 2.14 bits per heavy atom. The highest BCUT2D eigenvalue weighted by Crippen LogP contribution is 2.30. The van der Waals surface area contributed by atoms with Crippen molar-refractivity contribution in [3.63, 3.8) is 0 Å². The van der Waals surface area contributed by atoms with Crippen molar-refractivity contribution >= 4 is 29.0 Å². The summed E-state index contributed by atoms with van der Waals surface area (Å²) in [5, 5.41) is 3.26. The van der Waals surface area contributed by atoms with Gasteiger partial charge in [0, 0.05) is 18.1 Å². The normalized spacial score (nSPS) is 10.4. The van der Waals surface area contributed by atoms with E-state index in [4.69, 9.17) is 16.3 Å². The lowest BCUT2D eigenvalue weighted by Crippen LogP contribution is -2.23. The van der Waals surface area contributed by atoms with Gasteiger partial charge < -0.3 is 10.1 Å². The number of hydrogen-bond donors (Lipinski definition) is 1. The number of nitrogens with zero attached hydrogens (tertiary/aromatic N) is 1. The fourth-order valence-corrected chi connectivity index (χ4v) is 2.61. The lowest BCUT2D eigenvalue weighted by atomic mass is 10.2. The van der Waals surface area contributed by atoms with Gasteiger partial charge in [-0.15, -0.1) is 0 Å². The van der Waals surface area contributed by atoms with E-state index in [0.29, 0.717) is 11.7 Å². The Morgan fingerprint density at radius 3 is 2.81 bits per heavy atom. The molecule has 0 spiro atoms. The molecule has 0 fully saturated rings. The maximum Gasteiger partial charge on any atom is 0.259 e. The van der Waals surface area contributed by atoms with Crippen LogP contribution in [0.3, 0.4) is 0 Å². The lowest BCUT2D eigenvalue weighted by molar-refractivity contribution is 0.0948. The second-order valence-electron chi connectivity index (χ2n) is 4.29. The summed E-state index contributed by atoms with van der Waals surface area (Å²) in [6.07, 6.45) is 0.826. The van der Waals surface area contributed by atoms with E-state index >= 15 is 0 Å². The van der Waals surface area contributed by atoms with Crippen LogP contribution in [0.25, 0.3) is 0 Å². The maximum atomic E-state index is 12.8. The molecule has 112 valence electrons. The molecule has 0 atom stereocenters. The van der Waals surface area contributed by atoms with Crippen LogP contribution in [0.2, 0.25) is 5.15 Å². The molecule has 2 aromatic rings. The standard InChI is InChI=1S/C14H14ClFN2O2S/c1-2-7-20-14-11(12(15)18-21-14)13(19)17-8-9-3-5-10(16)6-4-9/h3-6H,2,7-8H2,1H3,(H,17,19). The van der Waals surface area contributed by atoms with Crippen molar-refractivity contribution in [2.75, 3.05) is 6.61 Å². The number of carbonyl (C=O) groups is 1. The van der Waals surface area contributed by atoms with Crippen LogP contribution >= 0.6 is 23.1 Å². The van der Waals surface area contributed by atoms with E-state index in [1.54, 1.807) is 12.1 Å². The zero-order valence-corrected chi connectivity index (χ0v) is 12.9. The summed E-state index contributed by atoms with van der Waals surface area (Å²) < 4.78 is 22.2. The molecule has 0 saturated heterocycles. The first-order chi connectivity index (χ1) is 10.1. The predicted octanol–water partition coefficient (Wildman–Crippen LogP) is 3.65. The van der Waals surface area contributed by atoms with Gasteiger partial charge in [-0.05, 0) is 24.1 Å². The molecule has 0 aliphatic rings. The highest BCUT2D eigenvalue weighted by molar-refractivity contribution is 7.08. The molecule has 0 saturated carbocycles. The van der Waals surface area contributed by atoms with Gasteiger partial charge in [0.1, 0.15) is 11.4 Å². The summed E-state index contributed by atoms with van der Waals surface area (Å²) in [7, 11) is 0. The van der Waals surface area contributed by atoms with Crippen LogP contribution < -0.4 is 10.1 Å². The molecule has 1 aromatic heterocycles. The van der Waals surface area contributed by atoms with Crippen LogP contribution in [0.4, 0.5) is 4.39 Å². The van der Waals surface area contributed by atoms with Gasteiger partial charge in [0.05, 0.1) is 6.61 Å². The van der Waals surface area contributed by atoms with Gasteiger partial charge >= 0.3 is 0 Å². The van der Waals surface area contributed by atoms with Crippen molar-refractivity contribution in [3.05, 3.63) is 46.4 Å². The van der Waals surface area contributed by atoms with Crippen LogP contribution in [-0.4, -0.2) is 16.9 Å². The SMILES string of the molecule is CCCOc1snc(Cl)c1C(=O)NCc1ccc(F)cc1. The highest BCUT2D eigenvalue weighted by atomic mass is 35.5. The molecular weight excluding hydrogens is 315 g/mol. The third kappa shape index (κ3) is 4.15. The number of hydrogen-bond acceptors (Lipinski definition) is 4. The number of amides is 1. The third-order valence-corrected chi connectivity index (χ3v) is 3.79. The monoisotopic (exact) mass is 328 g/mol. The second kappa shape index (κ2) is 7.38. The van der Waals surface area contributed by atoms with Crippen molar-refractivity contribution in [3.8, 4) is 5.06 Å². The zero-order chi connectivity index (χ0) is 15.2. The Morgan fingerprint density at radius 1 is 1.43 bits per heavy atom. The molecule has 1 amide bonds. The highest BCUT2D eigenvalue weighted by Gasteiger charge is 2.20. The van der Waals surface area contributed by atoms with Gasteiger partial charge in [-0.3, -0.25) is 4.79 Å². The van der Waals surface area contributed by atoms with Crippen molar-refractivity contribution in [2.24, 2.45) is 0 Å². The van der Waals surface area contributed by atoms with Crippen molar-refractivity contribution < 1.29 is 13.9 Å². The fourth-order valence-electron chi connectivity index (χ4n) is 1.61. The summed E-state index contributed by atoms with van der Waals surface area (Å²) in [5.74, 6) is -0.672. The van der Waals surface area contributed by atoms with Gasteiger partial charge in [0.15, 0.2) is 5.15 Å². The van der Waals surface area contributed by atoms with Crippen LogP contribution in [0.15, 0.2) is 24.3 Å². The van der Waals surface area contributed by atoms with Gasteiger partial charge in [0.2, 0.25) is 5.06 Å². The molecule has 1 aromatic carbocycles. The first kappa shape index (κ1) is 15.7. The van der Waals surface area contributed by atoms with E-state index in [-0.39, 0.29) is 29.0 Å². The number of halogens is 2. The number of carbonyl (C=O) groups excluding carboxylic acids is 1. The molecule has 4 nitrogen and oxygen atoms in total. The van der Waals surface area contributed by atoms with Crippen LogP contribution in [-0.2, 0) is 6.54 Å². The number of benzene rings is 1. The van der Waals surface area contributed by atoms with E-state index in [0.717, 1.165) is 23.5 Å². The minimum atomic E-state index is -0.357. The summed E-state index contributed by atoms with van der Waals surface area (Å²) in [6.45, 7) is 2.74. The molecule has 21 heavy (non-hydrogen) atoms. The molecule has 7 heteroatoms. The van der Waals surface area contributed by atoms with Crippen LogP contribution in [0, 0.1) is 5.82 Å². The summed E-state index contributed by atoms with van der Waals surface area (Å²) in [5.41, 5.74) is 1.04. The van der Waals surface area contributed by atoms with Crippen molar-refractivity contribution in [2.45, 2.75) is 19.9 Å². The predicted molar refractivity (Wildman–Crippen MR) is 80.5 cm³/mol. The Labute approximate surface area is 131 Å². The summed E-state index contributed by atoms with van der Waals surface area (Å²) in [6, 6.07) is 5.90. The van der Waals surface area contributed by atoms with Gasteiger partial charge in [0.25, 0.3) is 5.91 Å². The van der Waals surface area contributed by atoms with Crippen LogP contribution in [0.5, 0.6) is 5.06 Å². The molecule has 0 aliphatic carbocycles. The molecule has 0 bridgehead atoms. The van der Waals surface area contributed by atoms with Crippen molar-refractivity contribution in [1.82, 2.24) is 9.69 Å². The number of rotatable bonds is 6. The van der Waals surface area contributed by atoms with Gasteiger partial charge in [-0.1, -0.05) is 30.7 Å². The average Bonchev–Trinajstić information content (AvgIpc) is 2.85. The van der Waals surface area contributed by atoms with E-state index in [9.17, 15) is 9.18 Å². The van der Waals surface area contributed by atoms with E-state index < -0.39 is 0 Å². The lowest BCUT2D eigenvalue weighted by Gasteiger charge is -2.07. The topological polar surface area (TPSA) is 51.2 Å². The summed E-state index contributed by atoms with van der Waals surface area (Å²) in [4.78, 5) is 12.2.